The zero-order chi connectivity index (χ0) is 12.1. The Morgan fingerprint density at radius 1 is 1.35 bits per heavy atom. The quantitative estimate of drug-likeness (QED) is 0.696. The van der Waals surface area contributed by atoms with Gasteiger partial charge in [-0.25, -0.2) is 0 Å². The van der Waals surface area contributed by atoms with E-state index in [0.717, 1.165) is 24.5 Å². The third kappa shape index (κ3) is 3.91. The molecule has 17 heavy (non-hydrogen) atoms. The van der Waals surface area contributed by atoms with Gasteiger partial charge in [0.2, 0.25) is 0 Å². The molecule has 4 nitrogen and oxygen atoms in total. The van der Waals surface area contributed by atoms with E-state index in [0.29, 0.717) is 12.6 Å². The fraction of sp³-hybridized carbons (Fsp3) is 0.538. The minimum Gasteiger partial charge on any atom is -0.492 e. The molecule has 94 valence electrons. The van der Waals surface area contributed by atoms with Crippen molar-refractivity contribution in [2.75, 3.05) is 32.0 Å². The molecular formula is C13H20N2O2. The molecule has 4 heteroatoms. The van der Waals surface area contributed by atoms with Gasteiger partial charge in [0.15, 0.2) is 0 Å². The van der Waals surface area contributed by atoms with Crippen LogP contribution in [-0.4, -0.2) is 42.4 Å². The Bertz CT molecular complexity index is 353. The molecule has 1 aliphatic carbocycles. The third-order valence-corrected chi connectivity index (χ3v) is 2.96. The molecule has 0 spiro atoms. The molecule has 1 saturated carbocycles. The topological polar surface area (TPSA) is 58.7 Å². The zero-order valence-electron chi connectivity index (χ0n) is 10.0. The lowest BCUT2D eigenvalue weighted by atomic mass is 10.3. The summed E-state index contributed by atoms with van der Waals surface area (Å²) in [6, 6.07) is 8.12. The number of nitrogens with zero attached hydrogens (tertiary/aromatic N) is 1. The van der Waals surface area contributed by atoms with Crippen molar-refractivity contribution in [3.8, 4) is 5.75 Å². The Morgan fingerprint density at radius 2 is 2.18 bits per heavy atom. The SMILES string of the molecule is Nc1cccc(OCCN(CCO)C2CC2)c1. The highest BCUT2D eigenvalue weighted by atomic mass is 16.5. The highest BCUT2D eigenvalue weighted by molar-refractivity contribution is 5.43. The van der Waals surface area contributed by atoms with Crippen molar-refractivity contribution in [3.63, 3.8) is 0 Å². The maximum absolute atomic E-state index is 8.97. The molecule has 1 aliphatic rings. The van der Waals surface area contributed by atoms with Gasteiger partial charge in [-0.2, -0.15) is 0 Å². The van der Waals surface area contributed by atoms with Crippen molar-refractivity contribution >= 4 is 5.69 Å². The van der Waals surface area contributed by atoms with Gasteiger partial charge in [0.25, 0.3) is 0 Å². The number of nitrogen functional groups attached to an aromatic ring is 1. The van der Waals surface area contributed by atoms with E-state index in [1.54, 1.807) is 0 Å². The lowest BCUT2D eigenvalue weighted by Crippen LogP contribution is -2.33. The predicted molar refractivity (Wildman–Crippen MR) is 68.0 cm³/mol. The molecule has 1 fully saturated rings. The smallest absolute Gasteiger partial charge is 0.121 e. The Labute approximate surface area is 102 Å². The van der Waals surface area contributed by atoms with Crippen LogP contribution in [0.1, 0.15) is 12.8 Å². The van der Waals surface area contributed by atoms with Gasteiger partial charge in [0.05, 0.1) is 6.61 Å². The Kier molecular flexibility index (Phi) is 4.23. The first-order chi connectivity index (χ1) is 8.29. The number of hydrogen-bond donors (Lipinski definition) is 2. The summed E-state index contributed by atoms with van der Waals surface area (Å²) in [5, 5.41) is 8.97. The van der Waals surface area contributed by atoms with E-state index in [2.05, 4.69) is 4.90 Å². The molecule has 0 aromatic heterocycles. The Hall–Kier alpha value is -1.26. The van der Waals surface area contributed by atoms with E-state index in [-0.39, 0.29) is 6.61 Å². The monoisotopic (exact) mass is 236 g/mol. The zero-order valence-corrected chi connectivity index (χ0v) is 10.0. The van der Waals surface area contributed by atoms with Gasteiger partial charge < -0.3 is 15.6 Å². The maximum atomic E-state index is 8.97. The summed E-state index contributed by atoms with van der Waals surface area (Å²) in [7, 11) is 0. The van der Waals surface area contributed by atoms with Crippen LogP contribution in [0.3, 0.4) is 0 Å². The second-order valence-electron chi connectivity index (χ2n) is 4.41. The number of hydrogen-bond acceptors (Lipinski definition) is 4. The number of aliphatic hydroxyl groups excluding tert-OH is 1. The minimum atomic E-state index is 0.217. The van der Waals surface area contributed by atoms with Crippen LogP contribution in [0, 0.1) is 0 Å². The molecule has 0 bridgehead atoms. The van der Waals surface area contributed by atoms with E-state index in [4.69, 9.17) is 15.6 Å². The van der Waals surface area contributed by atoms with Gasteiger partial charge in [0, 0.05) is 30.9 Å². The molecule has 0 heterocycles. The van der Waals surface area contributed by atoms with Crippen molar-refractivity contribution in [1.82, 2.24) is 4.90 Å². The first-order valence-corrected chi connectivity index (χ1v) is 6.13. The van der Waals surface area contributed by atoms with Crippen LogP contribution < -0.4 is 10.5 Å². The summed E-state index contributed by atoms with van der Waals surface area (Å²) in [6.07, 6.45) is 2.50. The van der Waals surface area contributed by atoms with Gasteiger partial charge in [-0.05, 0) is 25.0 Å². The lowest BCUT2D eigenvalue weighted by molar-refractivity contribution is 0.162. The van der Waals surface area contributed by atoms with Crippen molar-refractivity contribution in [2.45, 2.75) is 18.9 Å². The fourth-order valence-electron chi connectivity index (χ4n) is 1.93. The first-order valence-electron chi connectivity index (χ1n) is 6.13. The lowest BCUT2D eigenvalue weighted by Gasteiger charge is -2.20. The maximum Gasteiger partial charge on any atom is 0.121 e. The average Bonchev–Trinajstić information content (AvgIpc) is 3.12. The molecule has 1 aromatic rings. The van der Waals surface area contributed by atoms with Crippen molar-refractivity contribution in [1.29, 1.82) is 0 Å². The number of anilines is 1. The van der Waals surface area contributed by atoms with E-state index in [1.165, 1.54) is 12.8 Å². The molecule has 1 aromatic carbocycles. The molecule has 0 atom stereocenters. The molecular weight excluding hydrogens is 216 g/mol. The second-order valence-corrected chi connectivity index (χ2v) is 4.41. The fourth-order valence-corrected chi connectivity index (χ4v) is 1.93. The van der Waals surface area contributed by atoms with E-state index in [1.807, 2.05) is 24.3 Å². The van der Waals surface area contributed by atoms with Gasteiger partial charge in [-0.1, -0.05) is 6.07 Å². The van der Waals surface area contributed by atoms with Crippen molar-refractivity contribution in [3.05, 3.63) is 24.3 Å². The summed E-state index contributed by atoms with van der Waals surface area (Å²) < 4.78 is 5.64. The largest absolute Gasteiger partial charge is 0.492 e. The van der Waals surface area contributed by atoms with Crippen LogP contribution >= 0.6 is 0 Å². The van der Waals surface area contributed by atoms with Crippen LogP contribution in [0.2, 0.25) is 0 Å². The van der Waals surface area contributed by atoms with Gasteiger partial charge in [0.1, 0.15) is 12.4 Å². The number of nitrogens with two attached hydrogens (primary N) is 1. The van der Waals surface area contributed by atoms with Gasteiger partial charge in [-0.3, -0.25) is 4.90 Å². The van der Waals surface area contributed by atoms with Gasteiger partial charge >= 0.3 is 0 Å². The van der Waals surface area contributed by atoms with Crippen molar-refractivity contribution in [2.24, 2.45) is 0 Å². The predicted octanol–water partition coefficient (Wildman–Crippen LogP) is 1.10. The number of aliphatic hydroxyl groups is 1. The minimum absolute atomic E-state index is 0.217. The molecule has 0 unspecified atom stereocenters. The van der Waals surface area contributed by atoms with Crippen LogP contribution in [0.25, 0.3) is 0 Å². The van der Waals surface area contributed by atoms with Crippen LogP contribution in [0.5, 0.6) is 5.75 Å². The van der Waals surface area contributed by atoms with E-state index >= 15 is 0 Å². The van der Waals surface area contributed by atoms with Crippen LogP contribution in [-0.2, 0) is 0 Å². The molecule has 0 radical (unpaired) electrons. The summed E-state index contributed by atoms with van der Waals surface area (Å²) in [4.78, 5) is 2.28. The van der Waals surface area contributed by atoms with Crippen LogP contribution in [0.15, 0.2) is 24.3 Å². The summed E-state index contributed by atoms with van der Waals surface area (Å²) in [6.45, 7) is 2.46. The summed E-state index contributed by atoms with van der Waals surface area (Å²) in [5.74, 6) is 0.810. The first kappa shape index (κ1) is 12.2. The molecule has 3 N–H and O–H groups in total. The van der Waals surface area contributed by atoms with E-state index in [9.17, 15) is 0 Å². The Balaban J connectivity index is 1.74. The number of benzene rings is 1. The number of rotatable bonds is 7. The van der Waals surface area contributed by atoms with E-state index < -0.39 is 0 Å². The molecule has 0 amide bonds. The van der Waals surface area contributed by atoms with Crippen LogP contribution in [0.4, 0.5) is 5.69 Å². The molecule has 2 rings (SSSR count). The molecule has 0 saturated heterocycles. The highest BCUT2D eigenvalue weighted by Gasteiger charge is 2.28. The summed E-state index contributed by atoms with van der Waals surface area (Å²) >= 11 is 0. The second kappa shape index (κ2) is 5.89. The standard InChI is InChI=1S/C13H20N2O2/c14-11-2-1-3-13(10-11)17-9-7-15(6-8-16)12-4-5-12/h1-3,10,12,16H,4-9,14H2. The van der Waals surface area contributed by atoms with Gasteiger partial charge in [-0.15, -0.1) is 0 Å². The average molecular weight is 236 g/mol. The summed E-state index contributed by atoms with van der Waals surface area (Å²) in [5.41, 5.74) is 6.39. The number of ether oxygens (including phenoxy) is 1. The van der Waals surface area contributed by atoms with Crippen molar-refractivity contribution < 1.29 is 9.84 Å². The third-order valence-electron chi connectivity index (χ3n) is 2.96. The highest BCUT2D eigenvalue weighted by Crippen LogP contribution is 2.26. The Morgan fingerprint density at radius 3 is 2.82 bits per heavy atom. The molecule has 0 aliphatic heterocycles. The normalized spacial score (nSPS) is 15.2.